The number of fused-ring (bicyclic) bond motifs is 2. The first-order valence-corrected chi connectivity index (χ1v) is 10.0. The Labute approximate surface area is 169 Å². The van der Waals surface area contributed by atoms with Gasteiger partial charge in [0.15, 0.2) is 0 Å². The number of benzene rings is 1. The van der Waals surface area contributed by atoms with E-state index in [0.29, 0.717) is 23.3 Å². The van der Waals surface area contributed by atoms with Crippen LogP contribution in [-0.2, 0) is 14.4 Å². The van der Waals surface area contributed by atoms with Gasteiger partial charge in [-0.3, -0.25) is 19.3 Å². The fourth-order valence-electron chi connectivity index (χ4n) is 5.14. The molecule has 29 heavy (non-hydrogen) atoms. The van der Waals surface area contributed by atoms with E-state index in [1.54, 1.807) is 24.3 Å². The highest BCUT2D eigenvalue weighted by molar-refractivity contribution is 6.45. The van der Waals surface area contributed by atoms with Crippen LogP contribution < -0.4 is 10.1 Å². The molecule has 2 saturated carbocycles. The Hall–Kier alpha value is -2.90. The number of amides is 5. The number of carbonyl (C=O) groups is 4. The maximum absolute atomic E-state index is 12.8. The molecule has 8 nitrogen and oxygen atoms in total. The highest BCUT2D eigenvalue weighted by Crippen LogP contribution is 2.50. The Morgan fingerprint density at radius 3 is 2.66 bits per heavy atom. The fraction of sp³-hybridized carbons (Fsp3) is 0.524. The van der Waals surface area contributed by atoms with Gasteiger partial charge in [0, 0.05) is 17.8 Å². The lowest BCUT2D eigenvalue weighted by atomic mass is 9.83. The van der Waals surface area contributed by atoms with Crippen molar-refractivity contribution in [1.29, 1.82) is 0 Å². The monoisotopic (exact) mass is 399 g/mol. The van der Waals surface area contributed by atoms with E-state index in [1.807, 2.05) is 6.92 Å². The van der Waals surface area contributed by atoms with Crippen molar-refractivity contribution in [3.8, 4) is 5.75 Å². The molecule has 1 aromatic carbocycles. The normalized spacial score (nSPS) is 27.0. The van der Waals surface area contributed by atoms with Crippen molar-refractivity contribution in [3.63, 3.8) is 0 Å². The Morgan fingerprint density at radius 2 is 2.00 bits per heavy atom. The quantitative estimate of drug-likeness (QED) is 0.585. The summed E-state index contributed by atoms with van der Waals surface area (Å²) in [6.07, 6.45) is 4.47. The van der Waals surface area contributed by atoms with Crippen LogP contribution in [0.2, 0.25) is 0 Å². The van der Waals surface area contributed by atoms with Crippen molar-refractivity contribution in [1.82, 2.24) is 9.80 Å². The number of hydrogen-bond donors (Lipinski definition) is 1. The van der Waals surface area contributed by atoms with Gasteiger partial charge in [0.25, 0.3) is 0 Å². The van der Waals surface area contributed by atoms with Crippen LogP contribution in [0.25, 0.3) is 0 Å². The van der Waals surface area contributed by atoms with Crippen LogP contribution >= 0.6 is 0 Å². The second kappa shape index (κ2) is 7.50. The van der Waals surface area contributed by atoms with E-state index < -0.39 is 30.3 Å². The molecule has 1 aromatic rings. The number of nitrogens with one attached hydrogen (secondary N) is 1. The molecule has 0 radical (unpaired) electrons. The first-order valence-electron chi connectivity index (χ1n) is 10.0. The Balaban J connectivity index is 1.43. The fourth-order valence-corrected chi connectivity index (χ4v) is 5.14. The van der Waals surface area contributed by atoms with Gasteiger partial charge in [0.05, 0.1) is 7.11 Å². The number of ether oxygens (including phenoxy) is 1. The molecule has 3 aliphatic rings. The summed E-state index contributed by atoms with van der Waals surface area (Å²) in [4.78, 5) is 51.9. The largest absolute Gasteiger partial charge is 0.497 e. The Morgan fingerprint density at radius 1 is 1.21 bits per heavy atom. The van der Waals surface area contributed by atoms with Crippen molar-refractivity contribution in [2.75, 3.05) is 19.0 Å². The summed E-state index contributed by atoms with van der Waals surface area (Å²) < 4.78 is 5.11. The molecule has 0 aromatic heterocycles. The average Bonchev–Trinajstić information content (AvgIpc) is 3.39. The molecule has 0 unspecified atom stereocenters. The molecule has 3 fully saturated rings. The molecular weight excluding hydrogens is 374 g/mol. The molecule has 5 amide bonds. The van der Waals surface area contributed by atoms with Gasteiger partial charge in [-0.05, 0) is 56.1 Å². The summed E-state index contributed by atoms with van der Waals surface area (Å²) >= 11 is 0. The summed E-state index contributed by atoms with van der Waals surface area (Å²) in [6, 6.07) is 5.71. The molecule has 1 heterocycles. The third-order valence-corrected chi connectivity index (χ3v) is 6.56. The van der Waals surface area contributed by atoms with Crippen LogP contribution in [0.3, 0.4) is 0 Å². The number of imide groups is 2. The number of urea groups is 1. The third-order valence-electron chi connectivity index (χ3n) is 6.56. The van der Waals surface area contributed by atoms with Crippen LogP contribution in [0, 0.1) is 17.8 Å². The zero-order valence-electron chi connectivity index (χ0n) is 16.6. The number of hydrogen-bond acceptors (Lipinski definition) is 5. The highest BCUT2D eigenvalue weighted by Gasteiger charge is 2.52. The molecule has 8 heteroatoms. The van der Waals surface area contributed by atoms with Crippen LogP contribution in [0.5, 0.6) is 5.75 Å². The minimum absolute atomic E-state index is 0.236. The van der Waals surface area contributed by atoms with Crippen molar-refractivity contribution in [2.24, 2.45) is 17.8 Å². The molecule has 1 aliphatic heterocycles. The Bertz CT molecular complexity index is 870. The second-order valence-electron chi connectivity index (χ2n) is 8.21. The zero-order chi connectivity index (χ0) is 20.7. The number of rotatable bonds is 6. The zero-order valence-corrected chi connectivity index (χ0v) is 16.6. The van der Waals surface area contributed by atoms with E-state index >= 15 is 0 Å². The molecule has 154 valence electrons. The number of carbonyl (C=O) groups excluding carboxylic acids is 4. The molecule has 1 saturated heterocycles. The van der Waals surface area contributed by atoms with Crippen LogP contribution in [-0.4, -0.2) is 53.2 Å². The van der Waals surface area contributed by atoms with E-state index in [0.717, 1.165) is 29.1 Å². The summed E-state index contributed by atoms with van der Waals surface area (Å²) in [5, 5.41) is 2.63. The van der Waals surface area contributed by atoms with E-state index in [4.69, 9.17) is 4.74 Å². The van der Waals surface area contributed by atoms with Gasteiger partial charge in [-0.1, -0.05) is 12.5 Å². The summed E-state index contributed by atoms with van der Waals surface area (Å²) in [5.74, 6) is -0.346. The van der Waals surface area contributed by atoms with Gasteiger partial charge >= 0.3 is 17.8 Å². The maximum atomic E-state index is 12.8. The van der Waals surface area contributed by atoms with Gasteiger partial charge in [0.2, 0.25) is 5.91 Å². The standard InChI is InChI=1S/C21H25N3O5/c1-12(17-9-13-6-7-14(17)8-13)24-20(27)19(26)23(21(24)28)11-18(25)22-15-4-3-5-16(10-15)29-2/h3-5,10,12-14,17H,6-9,11H2,1-2H3,(H,22,25)/t12-,13+,14+,17-/m1/s1. The lowest BCUT2D eigenvalue weighted by Gasteiger charge is -2.32. The number of nitrogens with zero attached hydrogens (tertiary/aromatic N) is 2. The van der Waals surface area contributed by atoms with Gasteiger partial charge in [-0.25, -0.2) is 9.69 Å². The van der Waals surface area contributed by atoms with Crippen molar-refractivity contribution in [2.45, 2.75) is 38.6 Å². The van der Waals surface area contributed by atoms with Crippen molar-refractivity contribution in [3.05, 3.63) is 24.3 Å². The average molecular weight is 399 g/mol. The predicted molar refractivity (Wildman–Crippen MR) is 104 cm³/mol. The van der Waals surface area contributed by atoms with Gasteiger partial charge in [0.1, 0.15) is 12.3 Å². The Kier molecular flexibility index (Phi) is 5.02. The summed E-state index contributed by atoms with van der Waals surface area (Å²) in [7, 11) is 1.51. The van der Waals surface area contributed by atoms with E-state index in [2.05, 4.69) is 5.32 Å². The van der Waals surface area contributed by atoms with Crippen molar-refractivity contribution >= 4 is 29.4 Å². The first kappa shape index (κ1) is 19.4. The topological polar surface area (TPSA) is 96.0 Å². The van der Waals surface area contributed by atoms with Crippen LogP contribution in [0.1, 0.15) is 32.6 Å². The lowest BCUT2D eigenvalue weighted by Crippen LogP contribution is -2.45. The van der Waals surface area contributed by atoms with Crippen molar-refractivity contribution < 1.29 is 23.9 Å². The van der Waals surface area contributed by atoms with E-state index in [9.17, 15) is 19.2 Å². The SMILES string of the molecule is COc1cccc(NC(=O)CN2C(=O)C(=O)N([C@H](C)[C@H]3C[C@H]4CC[C@H]3C4)C2=O)c1. The lowest BCUT2D eigenvalue weighted by molar-refractivity contribution is -0.144. The minimum Gasteiger partial charge on any atom is -0.497 e. The predicted octanol–water partition coefficient (Wildman–Crippen LogP) is 2.25. The molecular formula is C21H25N3O5. The summed E-state index contributed by atoms with van der Waals surface area (Å²) in [5.41, 5.74) is 0.479. The molecule has 2 aliphatic carbocycles. The third kappa shape index (κ3) is 3.47. The molecule has 4 atom stereocenters. The maximum Gasteiger partial charge on any atom is 0.334 e. The highest BCUT2D eigenvalue weighted by atomic mass is 16.5. The minimum atomic E-state index is -0.939. The second-order valence-corrected chi connectivity index (χ2v) is 8.21. The number of anilines is 1. The first-order chi connectivity index (χ1) is 13.9. The van der Waals surface area contributed by atoms with E-state index in [1.165, 1.54) is 13.5 Å². The number of methoxy groups -OCH3 is 1. The van der Waals surface area contributed by atoms with Crippen LogP contribution in [0.4, 0.5) is 10.5 Å². The molecule has 4 rings (SSSR count). The van der Waals surface area contributed by atoms with Gasteiger partial charge < -0.3 is 10.1 Å². The van der Waals surface area contributed by atoms with E-state index in [-0.39, 0.29) is 12.0 Å². The van der Waals surface area contributed by atoms with Gasteiger partial charge in [-0.15, -0.1) is 0 Å². The molecule has 1 N–H and O–H groups in total. The van der Waals surface area contributed by atoms with Gasteiger partial charge in [-0.2, -0.15) is 0 Å². The summed E-state index contributed by atoms with van der Waals surface area (Å²) in [6.45, 7) is 1.34. The molecule has 2 bridgehead atoms. The van der Waals surface area contributed by atoms with Crippen LogP contribution in [0.15, 0.2) is 24.3 Å². The molecule has 0 spiro atoms. The smallest absolute Gasteiger partial charge is 0.334 e.